The van der Waals surface area contributed by atoms with Gasteiger partial charge in [-0.3, -0.25) is 4.98 Å². The number of pyridine rings is 1. The molecule has 0 saturated carbocycles. The lowest BCUT2D eigenvalue weighted by Crippen LogP contribution is -2.18. The minimum atomic E-state index is 0.105. The third kappa shape index (κ3) is 1.99. The fraction of sp³-hybridized carbons (Fsp3) is 0.308. The van der Waals surface area contributed by atoms with E-state index in [1.165, 1.54) is 11.1 Å². The molecule has 0 amide bonds. The lowest BCUT2D eigenvalue weighted by Gasteiger charge is -2.17. The van der Waals surface area contributed by atoms with Gasteiger partial charge in [-0.15, -0.1) is 0 Å². The molecule has 2 rings (SSSR count). The van der Waals surface area contributed by atoms with Crippen molar-refractivity contribution in [3.8, 4) is 0 Å². The van der Waals surface area contributed by atoms with E-state index in [1.54, 1.807) is 6.26 Å². The summed E-state index contributed by atoms with van der Waals surface area (Å²) in [6.45, 7) is 2.13. The Bertz CT molecular complexity index is 437. The molecule has 16 heavy (non-hydrogen) atoms. The van der Waals surface area contributed by atoms with Gasteiger partial charge in [0.1, 0.15) is 5.76 Å². The molecular weight excluding hydrogens is 200 g/mol. The monoisotopic (exact) mass is 216 g/mol. The highest BCUT2D eigenvalue weighted by atomic mass is 16.3. The maximum atomic E-state index is 5.46. The fourth-order valence-corrected chi connectivity index (χ4v) is 1.92. The fourth-order valence-electron chi connectivity index (χ4n) is 1.92. The van der Waals surface area contributed by atoms with Crippen LogP contribution >= 0.6 is 0 Å². The van der Waals surface area contributed by atoms with Crippen LogP contribution in [-0.4, -0.2) is 12.0 Å². The zero-order valence-electron chi connectivity index (χ0n) is 9.60. The van der Waals surface area contributed by atoms with Crippen molar-refractivity contribution in [2.45, 2.75) is 19.4 Å². The van der Waals surface area contributed by atoms with Crippen LogP contribution < -0.4 is 5.32 Å². The largest absolute Gasteiger partial charge is 0.467 e. The van der Waals surface area contributed by atoms with Gasteiger partial charge in [0.15, 0.2) is 0 Å². The summed E-state index contributed by atoms with van der Waals surface area (Å²) in [4.78, 5) is 4.16. The van der Waals surface area contributed by atoms with Crippen molar-refractivity contribution in [2.24, 2.45) is 0 Å². The Hall–Kier alpha value is -1.61. The van der Waals surface area contributed by atoms with Crippen LogP contribution in [0.4, 0.5) is 0 Å². The molecule has 1 unspecified atom stereocenters. The molecule has 0 aliphatic rings. The molecule has 2 aromatic rings. The van der Waals surface area contributed by atoms with Crippen molar-refractivity contribution in [2.75, 3.05) is 7.05 Å². The topological polar surface area (TPSA) is 38.1 Å². The van der Waals surface area contributed by atoms with Crippen molar-refractivity contribution >= 4 is 0 Å². The van der Waals surface area contributed by atoms with Crippen LogP contribution in [0.2, 0.25) is 0 Å². The number of aromatic nitrogens is 1. The molecule has 0 aromatic carbocycles. The van der Waals surface area contributed by atoms with E-state index >= 15 is 0 Å². The molecule has 84 valence electrons. The number of aryl methyl sites for hydroxylation is 1. The van der Waals surface area contributed by atoms with Crippen molar-refractivity contribution < 1.29 is 4.42 Å². The van der Waals surface area contributed by atoms with Crippen molar-refractivity contribution in [3.05, 3.63) is 53.7 Å². The first-order chi connectivity index (χ1) is 7.86. The number of furan rings is 1. The minimum Gasteiger partial charge on any atom is -0.467 e. The number of nitrogens with zero attached hydrogens (tertiary/aromatic N) is 1. The average molecular weight is 216 g/mol. The SMILES string of the molecule is CCc1cnccc1C(NC)c1ccco1. The summed E-state index contributed by atoms with van der Waals surface area (Å²) in [6, 6.07) is 6.05. The van der Waals surface area contributed by atoms with Gasteiger partial charge in [-0.25, -0.2) is 0 Å². The van der Waals surface area contributed by atoms with E-state index in [1.807, 2.05) is 37.6 Å². The van der Waals surface area contributed by atoms with Crippen LogP contribution in [0.3, 0.4) is 0 Å². The summed E-state index contributed by atoms with van der Waals surface area (Å²) >= 11 is 0. The molecule has 0 spiro atoms. The molecule has 3 heteroatoms. The van der Waals surface area contributed by atoms with Gasteiger partial charge in [-0.05, 0) is 42.8 Å². The maximum Gasteiger partial charge on any atom is 0.125 e. The predicted octanol–water partition coefficient (Wildman–Crippen LogP) is 2.55. The van der Waals surface area contributed by atoms with Gasteiger partial charge < -0.3 is 9.73 Å². The lowest BCUT2D eigenvalue weighted by atomic mass is 9.99. The maximum absolute atomic E-state index is 5.46. The average Bonchev–Trinajstić information content (AvgIpc) is 2.84. The van der Waals surface area contributed by atoms with Crippen LogP contribution in [0.25, 0.3) is 0 Å². The van der Waals surface area contributed by atoms with Gasteiger partial charge in [-0.1, -0.05) is 6.92 Å². The molecule has 0 fully saturated rings. The third-order valence-electron chi connectivity index (χ3n) is 2.75. The van der Waals surface area contributed by atoms with Gasteiger partial charge in [0.25, 0.3) is 0 Å². The Kier molecular flexibility index (Phi) is 3.37. The molecular formula is C13H16N2O. The molecule has 0 aliphatic heterocycles. The molecule has 2 heterocycles. The Balaban J connectivity index is 2.41. The highest BCUT2D eigenvalue weighted by molar-refractivity contribution is 5.32. The third-order valence-corrected chi connectivity index (χ3v) is 2.75. The van der Waals surface area contributed by atoms with E-state index in [0.717, 1.165) is 12.2 Å². The Morgan fingerprint density at radius 3 is 2.94 bits per heavy atom. The van der Waals surface area contributed by atoms with Crippen LogP contribution in [0, 0.1) is 0 Å². The summed E-state index contributed by atoms with van der Waals surface area (Å²) in [7, 11) is 1.94. The Morgan fingerprint density at radius 1 is 1.44 bits per heavy atom. The van der Waals surface area contributed by atoms with Crippen molar-refractivity contribution in [3.63, 3.8) is 0 Å². The predicted molar refractivity (Wildman–Crippen MR) is 63.2 cm³/mol. The van der Waals surface area contributed by atoms with Crippen LogP contribution in [0.1, 0.15) is 29.9 Å². The van der Waals surface area contributed by atoms with E-state index in [2.05, 4.69) is 17.2 Å². The van der Waals surface area contributed by atoms with E-state index in [4.69, 9.17) is 4.42 Å². The quantitative estimate of drug-likeness (QED) is 0.853. The van der Waals surface area contributed by atoms with E-state index < -0.39 is 0 Å². The lowest BCUT2D eigenvalue weighted by molar-refractivity contribution is 0.462. The van der Waals surface area contributed by atoms with Crippen LogP contribution in [-0.2, 0) is 6.42 Å². The summed E-state index contributed by atoms with van der Waals surface area (Å²) < 4.78 is 5.46. The second-order valence-electron chi connectivity index (χ2n) is 3.67. The summed E-state index contributed by atoms with van der Waals surface area (Å²) in [6.07, 6.45) is 6.42. The zero-order chi connectivity index (χ0) is 11.4. The number of hydrogen-bond donors (Lipinski definition) is 1. The van der Waals surface area contributed by atoms with Gasteiger partial charge in [0, 0.05) is 12.4 Å². The summed E-state index contributed by atoms with van der Waals surface area (Å²) in [5, 5.41) is 3.27. The molecule has 1 atom stereocenters. The zero-order valence-corrected chi connectivity index (χ0v) is 9.60. The molecule has 0 radical (unpaired) electrons. The second-order valence-corrected chi connectivity index (χ2v) is 3.67. The van der Waals surface area contributed by atoms with E-state index in [0.29, 0.717) is 0 Å². The number of nitrogens with one attached hydrogen (secondary N) is 1. The van der Waals surface area contributed by atoms with Crippen LogP contribution in [0.15, 0.2) is 41.3 Å². The first-order valence-corrected chi connectivity index (χ1v) is 5.50. The minimum absolute atomic E-state index is 0.105. The Labute approximate surface area is 95.5 Å². The first-order valence-electron chi connectivity index (χ1n) is 5.50. The number of rotatable bonds is 4. The Morgan fingerprint density at radius 2 is 2.31 bits per heavy atom. The highest BCUT2D eigenvalue weighted by Crippen LogP contribution is 2.24. The van der Waals surface area contributed by atoms with Gasteiger partial charge in [0.05, 0.1) is 12.3 Å². The molecule has 1 N–H and O–H groups in total. The second kappa shape index (κ2) is 4.94. The summed E-state index contributed by atoms with van der Waals surface area (Å²) in [5.41, 5.74) is 2.48. The van der Waals surface area contributed by atoms with E-state index in [9.17, 15) is 0 Å². The van der Waals surface area contributed by atoms with Crippen molar-refractivity contribution in [1.82, 2.24) is 10.3 Å². The molecule has 0 aliphatic carbocycles. The first kappa shape index (κ1) is 10.9. The standard InChI is InChI=1S/C13H16N2O/c1-3-10-9-15-7-6-11(10)13(14-2)12-5-4-8-16-12/h4-9,13-14H,3H2,1-2H3. The molecule has 3 nitrogen and oxygen atoms in total. The smallest absolute Gasteiger partial charge is 0.125 e. The highest BCUT2D eigenvalue weighted by Gasteiger charge is 2.17. The molecule has 0 bridgehead atoms. The van der Waals surface area contributed by atoms with Gasteiger partial charge in [-0.2, -0.15) is 0 Å². The molecule has 2 aromatic heterocycles. The van der Waals surface area contributed by atoms with Crippen LogP contribution in [0.5, 0.6) is 0 Å². The normalized spacial score (nSPS) is 12.6. The van der Waals surface area contributed by atoms with E-state index in [-0.39, 0.29) is 6.04 Å². The number of hydrogen-bond acceptors (Lipinski definition) is 3. The summed E-state index contributed by atoms with van der Waals surface area (Å²) in [5.74, 6) is 0.934. The van der Waals surface area contributed by atoms with Gasteiger partial charge >= 0.3 is 0 Å². The molecule has 0 saturated heterocycles. The van der Waals surface area contributed by atoms with Gasteiger partial charge in [0.2, 0.25) is 0 Å². The van der Waals surface area contributed by atoms with Crippen molar-refractivity contribution in [1.29, 1.82) is 0 Å².